The number of benzene rings is 1. The summed E-state index contributed by atoms with van der Waals surface area (Å²) >= 11 is 1.81. The molecule has 3 aliphatic heterocycles. The average Bonchev–Trinajstić information content (AvgIpc) is 3.38. The van der Waals surface area contributed by atoms with Crippen molar-refractivity contribution in [1.29, 1.82) is 0 Å². The van der Waals surface area contributed by atoms with Crippen molar-refractivity contribution in [3.63, 3.8) is 0 Å². The molecular weight excluding hydrogens is 352 g/mol. The van der Waals surface area contributed by atoms with Crippen molar-refractivity contribution in [3.8, 4) is 0 Å². The zero-order chi connectivity index (χ0) is 18.1. The van der Waals surface area contributed by atoms with E-state index in [1.54, 1.807) is 0 Å². The predicted molar refractivity (Wildman–Crippen MR) is 115 cm³/mol. The second kappa shape index (κ2) is 7.25. The maximum absolute atomic E-state index is 3.69. The number of piperazine rings is 1. The van der Waals surface area contributed by atoms with Gasteiger partial charge in [-0.05, 0) is 23.1 Å². The highest BCUT2D eigenvalue weighted by Crippen LogP contribution is 2.42. The van der Waals surface area contributed by atoms with Crippen LogP contribution in [0, 0.1) is 0 Å². The fraction of sp³-hybridized carbons (Fsp3) is 0.273. The number of rotatable bonds is 4. The summed E-state index contributed by atoms with van der Waals surface area (Å²) in [4.78, 5) is 7.47. The minimum absolute atomic E-state index is 0.984. The highest BCUT2D eigenvalue weighted by atomic mass is 32.1. The number of nitrogens with zero attached hydrogens (tertiary/aromatic N) is 3. The highest BCUT2D eigenvalue weighted by molar-refractivity contribution is 7.15. The van der Waals surface area contributed by atoms with Gasteiger partial charge in [-0.25, -0.2) is 0 Å². The first kappa shape index (κ1) is 16.7. The lowest BCUT2D eigenvalue weighted by Crippen LogP contribution is -2.48. The minimum Gasteiger partial charge on any atom is -0.354 e. The van der Waals surface area contributed by atoms with Gasteiger partial charge in [-0.15, -0.1) is 11.3 Å². The first-order valence-corrected chi connectivity index (χ1v) is 10.5. The first-order valence-electron chi connectivity index (χ1n) is 9.60. The Morgan fingerprint density at radius 1 is 1.04 bits per heavy atom. The molecule has 0 aliphatic carbocycles. The molecule has 4 nitrogen and oxygen atoms in total. The topological polar surface area (TPSA) is 21.8 Å². The fourth-order valence-electron chi connectivity index (χ4n) is 3.95. The molecule has 1 aromatic carbocycles. The van der Waals surface area contributed by atoms with Crippen molar-refractivity contribution in [2.24, 2.45) is 0 Å². The third-order valence-electron chi connectivity index (χ3n) is 5.40. The van der Waals surface area contributed by atoms with Crippen LogP contribution in [0.25, 0.3) is 6.08 Å². The number of allylic oxidation sites excluding steroid dienone is 1. The van der Waals surface area contributed by atoms with E-state index in [9.17, 15) is 0 Å². The molecule has 1 saturated heterocycles. The first-order chi connectivity index (χ1) is 13.4. The van der Waals surface area contributed by atoms with Crippen LogP contribution >= 0.6 is 11.3 Å². The minimum atomic E-state index is 0.984. The zero-order valence-corrected chi connectivity index (χ0v) is 16.2. The molecule has 2 aromatic rings. The Balaban J connectivity index is 1.22. The second-order valence-corrected chi connectivity index (χ2v) is 8.01. The fourth-order valence-corrected chi connectivity index (χ4v) is 4.83. The van der Waals surface area contributed by atoms with Crippen LogP contribution in [0.15, 0.2) is 71.5 Å². The number of hydrogen-bond acceptors (Lipinski definition) is 5. The van der Waals surface area contributed by atoms with Crippen LogP contribution in [-0.2, 0) is 0 Å². The van der Waals surface area contributed by atoms with Crippen molar-refractivity contribution in [2.75, 3.05) is 49.5 Å². The van der Waals surface area contributed by atoms with Crippen LogP contribution < -0.4 is 10.2 Å². The number of hydrogen-bond donors (Lipinski definition) is 1. The maximum Gasteiger partial charge on any atom is 0.130 e. The maximum atomic E-state index is 3.69. The highest BCUT2D eigenvalue weighted by Gasteiger charge is 2.30. The van der Waals surface area contributed by atoms with Gasteiger partial charge in [-0.3, -0.25) is 4.90 Å². The molecule has 0 spiro atoms. The second-order valence-electron chi connectivity index (χ2n) is 7.11. The van der Waals surface area contributed by atoms with Crippen molar-refractivity contribution < 1.29 is 0 Å². The third kappa shape index (κ3) is 3.29. The summed E-state index contributed by atoms with van der Waals surface area (Å²) in [5.41, 5.74) is 3.84. The molecule has 0 radical (unpaired) electrons. The largest absolute Gasteiger partial charge is 0.354 e. The van der Waals surface area contributed by atoms with E-state index in [-0.39, 0.29) is 0 Å². The predicted octanol–water partition coefficient (Wildman–Crippen LogP) is 4.05. The molecule has 0 saturated carbocycles. The van der Waals surface area contributed by atoms with Crippen LogP contribution in [0.3, 0.4) is 0 Å². The van der Waals surface area contributed by atoms with Gasteiger partial charge in [0.05, 0.1) is 11.4 Å². The van der Waals surface area contributed by atoms with Crippen molar-refractivity contribution in [2.45, 2.75) is 0 Å². The van der Waals surface area contributed by atoms with E-state index in [2.05, 4.69) is 86.1 Å². The SMILES string of the molecule is C(=Cc1ccccc1)CN1CCN(C2=C3C=CCN3c3sccc3N2)CC1. The van der Waals surface area contributed by atoms with Gasteiger partial charge in [0.2, 0.25) is 0 Å². The molecule has 0 unspecified atom stereocenters. The molecular formula is C22H24N4S. The molecule has 138 valence electrons. The van der Waals surface area contributed by atoms with Gasteiger partial charge < -0.3 is 15.1 Å². The Kier molecular flexibility index (Phi) is 4.47. The summed E-state index contributed by atoms with van der Waals surface area (Å²) in [5.74, 6) is 1.27. The lowest BCUT2D eigenvalue weighted by Gasteiger charge is -2.40. The van der Waals surface area contributed by atoms with Gasteiger partial charge in [-0.2, -0.15) is 0 Å². The summed E-state index contributed by atoms with van der Waals surface area (Å²) < 4.78 is 0. The summed E-state index contributed by atoms with van der Waals surface area (Å²) in [6, 6.07) is 12.7. The molecule has 5 heteroatoms. The Hall–Kier alpha value is -2.50. The van der Waals surface area contributed by atoms with Gasteiger partial charge in [-0.1, -0.05) is 48.6 Å². The molecule has 1 fully saturated rings. The molecule has 0 atom stereocenters. The lowest BCUT2D eigenvalue weighted by molar-refractivity contribution is 0.172. The van der Waals surface area contributed by atoms with Crippen LogP contribution in [-0.4, -0.2) is 49.1 Å². The monoisotopic (exact) mass is 376 g/mol. The van der Waals surface area contributed by atoms with Crippen LogP contribution in [0.2, 0.25) is 0 Å². The van der Waals surface area contributed by atoms with Crippen LogP contribution in [0.4, 0.5) is 10.7 Å². The van der Waals surface area contributed by atoms with E-state index < -0.39 is 0 Å². The van der Waals surface area contributed by atoms with Crippen molar-refractivity contribution >= 4 is 28.1 Å². The Labute approximate surface area is 164 Å². The van der Waals surface area contributed by atoms with E-state index in [1.165, 1.54) is 27.8 Å². The molecule has 1 N–H and O–H groups in total. The Bertz CT molecular complexity index is 888. The van der Waals surface area contributed by atoms with E-state index in [1.807, 2.05) is 11.3 Å². The molecule has 0 amide bonds. The summed E-state index contributed by atoms with van der Waals surface area (Å²) in [7, 11) is 0. The van der Waals surface area contributed by atoms with Gasteiger partial charge in [0, 0.05) is 39.3 Å². The van der Waals surface area contributed by atoms with E-state index in [0.717, 1.165) is 39.3 Å². The molecule has 1 aromatic heterocycles. The molecule has 27 heavy (non-hydrogen) atoms. The molecule has 0 bridgehead atoms. The number of nitrogens with one attached hydrogen (secondary N) is 1. The van der Waals surface area contributed by atoms with Gasteiger partial charge >= 0.3 is 0 Å². The average molecular weight is 377 g/mol. The van der Waals surface area contributed by atoms with Gasteiger partial charge in [0.25, 0.3) is 0 Å². The smallest absolute Gasteiger partial charge is 0.130 e. The van der Waals surface area contributed by atoms with E-state index >= 15 is 0 Å². The standard InChI is InChI=1S/C22H24N4S/c1-2-6-18(7-3-1)8-4-11-24-13-15-25(16-14-24)21-20-9-5-12-26(20)22-19(23-21)10-17-27-22/h1-10,17,23H,11-16H2. The number of anilines is 2. The lowest BCUT2D eigenvalue weighted by atomic mass is 10.2. The molecule has 4 heterocycles. The summed E-state index contributed by atoms with van der Waals surface area (Å²) in [6.07, 6.45) is 9.03. The summed E-state index contributed by atoms with van der Waals surface area (Å²) in [6.45, 7) is 6.31. The van der Waals surface area contributed by atoms with Crippen molar-refractivity contribution in [3.05, 3.63) is 77.1 Å². The Morgan fingerprint density at radius 2 is 1.89 bits per heavy atom. The van der Waals surface area contributed by atoms with E-state index in [4.69, 9.17) is 0 Å². The Morgan fingerprint density at radius 3 is 2.74 bits per heavy atom. The van der Waals surface area contributed by atoms with Crippen LogP contribution in [0.1, 0.15) is 5.56 Å². The number of fused-ring (bicyclic) bond motifs is 3. The van der Waals surface area contributed by atoms with E-state index in [0.29, 0.717) is 0 Å². The molecule has 3 aliphatic rings. The number of thiophene rings is 1. The summed E-state index contributed by atoms with van der Waals surface area (Å²) in [5, 5.41) is 7.20. The molecule has 5 rings (SSSR count). The normalized spacial score (nSPS) is 19.6. The van der Waals surface area contributed by atoms with Gasteiger partial charge in [0.1, 0.15) is 10.8 Å². The third-order valence-corrected chi connectivity index (χ3v) is 6.34. The quantitative estimate of drug-likeness (QED) is 0.869. The zero-order valence-electron chi connectivity index (χ0n) is 15.3. The van der Waals surface area contributed by atoms with Crippen LogP contribution in [0.5, 0.6) is 0 Å². The van der Waals surface area contributed by atoms with Crippen molar-refractivity contribution in [1.82, 2.24) is 9.80 Å². The van der Waals surface area contributed by atoms with Gasteiger partial charge in [0.15, 0.2) is 0 Å².